The van der Waals surface area contributed by atoms with Crippen molar-refractivity contribution in [3.63, 3.8) is 0 Å². The maximum Gasteiger partial charge on any atom is 0.0582 e. The van der Waals surface area contributed by atoms with Crippen LogP contribution in [0.25, 0.3) is 0 Å². The summed E-state index contributed by atoms with van der Waals surface area (Å²) in [7, 11) is 1.94. The van der Waals surface area contributed by atoms with Crippen LogP contribution in [0.15, 0.2) is 0 Å². The normalized spacial score (nSPS) is 23.8. The van der Waals surface area contributed by atoms with Crippen LogP contribution in [-0.4, -0.2) is 38.0 Å². The molecule has 0 bridgehead atoms. The van der Waals surface area contributed by atoms with Crippen molar-refractivity contribution in [3.05, 3.63) is 0 Å². The third-order valence-electron chi connectivity index (χ3n) is 2.73. The highest BCUT2D eigenvalue weighted by Crippen LogP contribution is 2.34. The van der Waals surface area contributed by atoms with Gasteiger partial charge in [-0.05, 0) is 13.0 Å². The molecule has 0 radical (unpaired) electrons. The molecule has 0 aromatic rings. The molecule has 0 aromatic carbocycles. The highest BCUT2D eigenvalue weighted by Gasteiger charge is 2.45. The third-order valence-corrected chi connectivity index (χ3v) is 2.73. The molecule has 1 saturated heterocycles. The number of hydrogen-bond donors (Lipinski definition) is 2. The summed E-state index contributed by atoms with van der Waals surface area (Å²) in [6.07, 6.45) is 0. The first-order chi connectivity index (χ1) is 5.66. The lowest BCUT2D eigenvalue weighted by Crippen LogP contribution is -2.60. The minimum Gasteiger partial charge on any atom is -0.396 e. The van der Waals surface area contributed by atoms with Gasteiger partial charge in [-0.25, -0.2) is 0 Å². The molecule has 0 aliphatic carbocycles. The molecule has 1 fully saturated rings. The predicted octanol–water partition coefficient (Wildman–Crippen LogP) is 0.239. The molecule has 72 valence electrons. The maximum atomic E-state index is 9.27. The summed E-state index contributed by atoms with van der Waals surface area (Å²) in [6, 6.07) is 0.358. The largest absolute Gasteiger partial charge is 0.396 e. The van der Waals surface area contributed by atoms with E-state index in [1.54, 1.807) is 0 Å². The molecule has 0 saturated carbocycles. The van der Waals surface area contributed by atoms with Gasteiger partial charge >= 0.3 is 0 Å². The number of rotatable bonds is 4. The quantitative estimate of drug-likeness (QED) is 0.640. The van der Waals surface area contributed by atoms with Gasteiger partial charge < -0.3 is 15.2 Å². The summed E-state index contributed by atoms with van der Waals surface area (Å²) >= 11 is 0. The molecule has 3 nitrogen and oxygen atoms in total. The van der Waals surface area contributed by atoms with Gasteiger partial charge in [-0.15, -0.1) is 0 Å². The van der Waals surface area contributed by atoms with Crippen LogP contribution in [0.4, 0.5) is 0 Å². The first-order valence-electron chi connectivity index (χ1n) is 4.52. The lowest BCUT2D eigenvalue weighted by atomic mass is 9.74. The Morgan fingerprint density at radius 3 is 2.17 bits per heavy atom. The van der Waals surface area contributed by atoms with E-state index in [1.807, 2.05) is 7.05 Å². The molecule has 3 heteroatoms. The number of nitrogens with one attached hydrogen (secondary N) is 1. The van der Waals surface area contributed by atoms with Crippen molar-refractivity contribution in [1.82, 2.24) is 5.32 Å². The van der Waals surface area contributed by atoms with Crippen molar-refractivity contribution in [2.75, 3.05) is 26.9 Å². The SMILES string of the molecule is CNC(C(C)C)C1(CO)COC1. The Kier molecular flexibility index (Phi) is 3.09. The Morgan fingerprint density at radius 2 is 2.08 bits per heavy atom. The van der Waals surface area contributed by atoms with Crippen LogP contribution in [0, 0.1) is 11.3 Å². The lowest BCUT2D eigenvalue weighted by Gasteiger charge is -2.47. The number of aliphatic hydroxyl groups excluding tert-OH is 1. The van der Waals surface area contributed by atoms with Crippen molar-refractivity contribution in [2.24, 2.45) is 11.3 Å². The number of ether oxygens (including phenoxy) is 1. The molecular formula is C9H19NO2. The van der Waals surface area contributed by atoms with E-state index >= 15 is 0 Å². The number of hydrogen-bond acceptors (Lipinski definition) is 3. The van der Waals surface area contributed by atoms with Crippen LogP contribution in [0.5, 0.6) is 0 Å². The monoisotopic (exact) mass is 173 g/mol. The van der Waals surface area contributed by atoms with Crippen LogP contribution >= 0.6 is 0 Å². The first-order valence-corrected chi connectivity index (χ1v) is 4.52. The minimum atomic E-state index is -0.0249. The number of aliphatic hydroxyl groups is 1. The van der Waals surface area contributed by atoms with Crippen LogP contribution in [0.3, 0.4) is 0 Å². The van der Waals surface area contributed by atoms with Crippen molar-refractivity contribution < 1.29 is 9.84 Å². The summed E-state index contributed by atoms with van der Waals surface area (Å²) in [4.78, 5) is 0. The maximum absolute atomic E-state index is 9.27. The van der Waals surface area contributed by atoms with Crippen LogP contribution in [0.2, 0.25) is 0 Å². The van der Waals surface area contributed by atoms with Gasteiger partial charge in [0, 0.05) is 6.04 Å². The third kappa shape index (κ3) is 1.49. The highest BCUT2D eigenvalue weighted by atomic mass is 16.5. The zero-order valence-electron chi connectivity index (χ0n) is 8.13. The van der Waals surface area contributed by atoms with Gasteiger partial charge in [0.25, 0.3) is 0 Å². The molecule has 1 aliphatic rings. The molecule has 1 unspecified atom stereocenters. The highest BCUT2D eigenvalue weighted by molar-refractivity contribution is 4.96. The van der Waals surface area contributed by atoms with Crippen LogP contribution < -0.4 is 5.32 Å². The molecule has 1 atom stereocenters. The zero-order valence-corrected chi connectivity index (χ0v) is 8.13. The van der Waals surface area contributed by atoms with Gasteiger partial charge in [0.05, 0.1) is 25.2 Å². The Bertz CT molecular complexity index is 138. The Labute approximate surface area is 74.1 Å². The fourth-order valence-electron chi connectivity index (χ4n) is 2.08. The van der Waals surface area contributed by atoms with E-state index in [4.69, 9.17) is 4.74 Å². The zero-order chi connectivity index (χ0) is 9.19. The van der Waals surface area contributed by atoms with Gasteiger partial charge in [0.2, 0.25) is 0 Å². The van der Waals surface area contributed by atoms with Gasteiger partial charge in [-0.1, -0.05) is 13.8 Å². The summed E-state index contributed by atoms with van der Waals surface area (Å²) in [6.45, 7) is 5.92. The van der Waals surface area contributed by atoms with Crippen molar-refractivity contribution in [3.8, 4) is 0 Å². The topological polar surface area (TPSA) is 41.5 Å². The lowest BCUT2D eigenvalue weighted by molar-refractivity contribution is -0.160. The van der Waals surface area contributed by atoms with Crippen molar-refractivity contribution in [1.29, 1.82) is 0 Å². The fourth-order valence-corrected chi connectivity index (χ4v) is 2.08. The summed E-state index contributed by atoms with van der Waals surface area (Å²) in [5.74, 6) is 0.533. The van der Waals surface area contributed by atoms with E-state index in [2.05, 4.69) is 19.2 Å². The minimum absolute atomic E-state index is 0.0249. The molecule has 2 N–H and O–H groups in total. The Balaban J connectivity index is 2.61. The standard InChI is InChI=1S/C9H19NO2/c1-7(2)8(10-3)9(4-11)5-12-6-9/h7-8,10-11H,4-6H2,1-3H3. The van der Waals surface area contributed by atoms with Gasteiger partial charge in [0.1, 0.15) is 0 Å². The fraction of sp³-hybridized carbons (Fsp3) is 1.00. The van der Waals surface area contributed by atoms with Crippen molar-refractivity contribution >= 4 is 0 Å². The summed E-state index contributed by atoms with van der Waals surface area (Å²) in [5.41, 5.74) is -0.0249. The van der Waals surface area contributed by atoms with E-state index < -0.39 is 0 Å². The Morgan fingerprint density at radius 1 is 1.50 bits per heavy atom. The van der Waals surface area contributed by atoms with Gasteiger partial charge in [-0.3, -0.25) is 0 Å². The molecule has 0 amide bonds. The van der Waals surface area contributed by atoms with Crippen molar-refractivity contribution in [2.45, 2.75) is 19.9 Å². The van der Waals surface area contributed by atoms with E-state index in [0.29, 0.717) is 25.2 Å². The van der Waals surface area contributed by atoms with E-state index in [0.717, 1.165) is 0 Å². The van der Waals surface area contributed by atoms with E-state index in [9.17, 15) is 5.11 Å². The summed E-state index contributed by atoms with van der Waals surface area (Å²) in [5, 5.41) is 12.5. The predicted molar refractivity (Wildman–Crippen MR) is 48.0 cm³/mol. The Hall–Kier alpha value is -0.120. The second-order valence-corrected chi connectivity index (χ2v) is 4.02. The molecular weight excluding hydrogens is 154 g/mol. The second kappa shape index (κ2) is 3.73. The van der Waals surface area contributed by atoms with Gasteiger partial charge in [0.15, 0.2) is 0 Å². The molecule has 12 heavy (non-hydrogen) atoms. The van der Waals surface area contributed by atoms with Crippen LogP contribution in [-0.2, 0) is 4.74 Å². The second-order valence-electron chi connectivity index (χ2n) is 4.02. The van der Waals surface area contributed by atoms with Crippen LogP contribution in [0.1, 0.15) is 13.8 Å². The molecule has 0 aromatic heterocycles. The molecule has 1 aliphatic heterocycles. The smallest absolute Gasteiger partial charge is 0.0582 e. The molecule has 0 spiro atoms. The van der Waals surface area contributed by atoms with Gasteiger partial charge in [-0.2, -0.15) is 0 Å². The average molecular weight is 173 g/mol. The average Bonchev–Trinajstić information content (AvgIpc) is 1.95. The van der Waals surface area contributed by atoms with E-state index in [1.165, 1.54) is 0 Å². The van der Waals surface area contributed by atoms with E-state index in [-0.39, 0.29) is 12.0 Å². The first kappa shape index (κ1) is 9.96. The molecule has 1 heterocycles. The molecule has 1 rings (SSSR count). The summed E-state index contributed by atoms with van der Waals surface area (Å²) < 4.78 is 5.16.